The predicted molar refractivity (Wildman–Crippen MR) is 127 cm³/mol. The van der Waals surface area contributed by atoms with E-state index in [1.807, 2.05) is 20.8 Å². The summed E-state index contributed by atoms with van der Waals surface area (Å²) in [6.45, 7) is 6.98. The van der Waals surface area contributed by atoms with Crippen LogP contribution in [-0.4, -0.2) is 51.8 Å². The molecule has 1 unspecified atom stereocenters. The fraction of sp³-hybridized carbons (Fsp3) is 0.440. The maximum absolute atomic E-state index is 12.8. The minimum Gasteiger partial charge on any atom is -0.493 e. The van der Waals surface area contributed by atoms with E-state index in [1.165, 1.54) is 0 Å². The molecule has 8 nitrogen and oxygen atoms in total. The maximum atomic E-state index is 12.8. The van der Waals surface area contributed by atoms with E-state index in [4.69, 9.17) is 18.9 Å². The van der Waals surface area contributed by atoms with Crippen molar-refractivity contribution in [1.82, 2.24) is 10.6 Å². The molecule has 2 aromatic carbocycles. The van der Waals surface area contributed by atoms with Crippen molar-refractivity contribution in [2.75, 3.05) is 34.0 Å². The highest BCUT2D eigenvalue weighted by atomic mass is 16.5. The van der Waals surface area contributed by atoms with Gasteiger partial charge in [-0.1, -0.05) is 13.3 Å². The molecule has 0 aliphatic rings. The number of carbonyl (C=O) groups excluding carboxylic acids is 2. The van der Waals surface area contributed by atoms with Gasteiger partial charge in [-0.25, -0.2) is 0 Å². The van der Waals surface area contributed by atoms with E-state index in [9.17, 15) is 9.59 Å². The molecule has 0 aliphatic carbocycles. The summed E-state index contributed by atoms with van der Waals surface area (Å²) in [7, 11) is 3.10. The summed E-state index contributed by atoms with van der Waals surface area (Å²) in [6.07, 6.45) is 1.57. The molecule has 0 fully saturated rings. The topological polar surface area (TPSA) is 95.1 Å². The summed E-state index contributed by atoms with van der Waals surface area (Å²) in [4.78, 5) is 25.5. The summed E-state index contributed by atoms with van der Waals surface area (Å²) in [5.74, 6) is 1.66. The number of hydrogen-bond acceptors (Lipinski definition) is 6. The van der Waals surface area contributed by atoms with Gasteiger partial charge in [-0.15, -0.1) is 0 Å². The van der Waals surface area contributed by atoms with Gasteiger partial charge in [-0.05, 0) is 56.7 Å². The van der Waals surface area contributed by atoms with Crippen LogP contribution in [0.4, 0.5) is 0 Å². The molecule has 0 heterocycles. The largest absolute Gasteiger partial charge is 0.493 e. The fourth-order valence-corrected chi connectivity index (χ4v) is 3.33. The number of amides is 2. The molecule has 2 amide bonds. The summed E-state index contributed by atoms with van der Waals surface area (Å²) < 4.78 is 21.7. The van der Waals surface area contributed by atoms with E-state index in [-0.39, 0.29) is 17.9 Å². The number of rotatable bonds is 13. The minimum absolute atomic E-state index is 0.228. The van der Waals surface area contributed by atoms with Crippen LogP contribution in [0, 0.1) is 0 Å². The quantitative estimate of drug-likeness (QED) is 0.474. The monoisotopic (exact) mass is 458 g/mol. The minimum atomic E-state index is -0.253. The molecule has 2 rings (SSSR count). The van der Waals surface area contributed by atoms with Crippen LogP contribution in [0.5, 0.6) is 23.0 Å². The van der Waals surface area contributed by atoms with Gasteiger partial charge in [0.15, 0.2) is 23.0 Å². The van der Waals surface area contributed by atoms with E-state index in [2.05, 4.69) is 10.6 Å². The van der Waals surface area contributed by atoms with Gasteiger partial charge < -0.3 is 29.6 Å². The highest BCUT2D eigenvalue weighted by molar-refractivity contribution is 5.96. The molecule has 1 atom stereocenters. The van der Waals surface area contributed by atoms with Gasteiger partial charge in [0.05, 0.1) is 27.4 Å². The molecule has 0 radical (unpaired) electrons. The van der Waals surface area contributed by atoms with E-state index in [0.29, 0.717) is 60.3 Å². The van der Waals surface area contributed by atoms with E-state index in [1.54, 1.807) is 50.6 Å². The van der Waals surface area contributed by atoms with Crippen LogP contribution in [0.25, 0.3) is 0 Å². The van der Waals surface area contributed by atoms with E-state index in [0.717, 1.165) is 6.42 Å². The van der Waals surface area contributed by atoms with Crippen LogP contribution in [0.3, 0.4) is 0 Å². The molecular formula is C25H34N2O6. The van der Waals surface area contributed by atoms with Gasteiger partial charge in [0.25, 0.3) is 11.8 Å². The smallest absolute Gasteiger partial charge is 0.251 e. The van der Waals surface area contributed by atoms with Crippen LogP contribution in [0.1, 0.15) is 54.3 Å². The predicted octanol–water partition coefficient (Wildman–Crippen LogP) is 3.83. The molecule has 2 N–H and O–H groups in total. The van der Waals surface area contributed by atoms with Gasteiger partial charge in [0.1, 0.15) is 0 Å². The third-order valence-corrected chi connectivity index (χ3v) is 4.93. The van der Waals surface area contributed by atoms with Gasteiger partial charge in [0.2, 0.25) is 0 Å². The molecule has 0 saturated heterocycles. The second kappa shape index (κ2) is 13.2. The fourth-order valence-electron chi connectivity index (χ4n) is 3.33. The van der Waals surface area contributed by atoms with Gasteiger partial charge in [0, 0.05) is 23.7 Å². The van der Waals surface area contributed by atoms with Gasteiger partial charge in [-0.3, -0.25) is 9.59 Å². The standard InChI is InChI=1S/C25H34N2O6/c1-6-9-19(27-25(29)18-11-13-21(31-5)23(15-18)33-8-3)16-26-24(28)17-10-12-20(30-4)22(14-17)32-7-2/h10-15,19H,6-9,16H2,1-5H3,(H,26,28)(H,27,29). The third kappa shape index (κ3) is 7.30. The highest BCUT2D eigenvalue weighted by Crippen LogP contribution is 2.29. The van der Waals surface area contributed by atoms with Crippen molar-refractivity contribution >= 4 is 11.8 Å². The van der Waals surface area contributed by atoms with E-state index < -0.39 is 0 Å². The Morgan fingerprint density at radius 3 is 1.76 bits per heavy atom. The summed E-state index contributed by atoms with van der Waals surface area (Å²) in [5.41, 5.74) is 0.917. The zero-order valence-electron chi connectivity index (χ0n) is 20.0. The van der Waals surface area contributed by atoms with Crippen molar-refractivity contribution < 1.29 is 28.5 Å². The first kappa shape index (κ1) is 25.8. The summed E-state index contributed by atoms with van der Waals surface area (Å²) in [5, 5.41) is 5.91. The average molecular weight is 459 g/mol. The average Bonchev–Trinajstić information content (AvgIpc) is 2.82. The van der Waals surface area contributed by atoms with Gasteiger partial charge >= 0.3 is 0 Å². The lowest BCUT2D eigenvalue weighted by molar-refractivity contribution is 0.0906. The Morgan fingerprint density at radius 1 is 0.788 bits per heavy atom. The van der Waals surface area contributed by atoms with Crippen molar-refractivity contribution in [3.8, 4) is 23.0 Å². The lowest BCUT2D eigenvalue weighted by Gasteiger charge is -2.20. The Kier molecular flexibility index (Phi) is 10.3. The van der Waals surface area contributed by atoms with Crippen molar-refractivity contribution in [2.45, 2.75) is 39.7 Å². The Hall–Kier alpha value is -3.42. The molecule has 2 aromatic rings. The first-order valence-electron chi connectivity index (χ1n) is 11.2. The first-order valence-corrected chi connectivity index (χ1v) is 11.2. The van der Waals surface area contributed by atoms with Crippen LogP contribution in [-0.2, 0) is 0 Å². The van der Waals surface area contributed by atoms with Crippen molar-refractivity contribution in [3.05, 3.63) is 47.5 Å². The molecule has 0 bridgehead atoms. The Labute approximate surface area is 195 Å². The Balaban J connectivity index is 2.06. The van der Waals surface area contributed by atoms with Crippen LogP contribution in [0.2, 0.25) is 0 Å². The molecule has 0 spiro atoms. The number of nitrogens with one attached hydrogen (secondary N) is 2. The number of methoxy groups -OCH3 is 2. The summed E-state index contributed by atoms with van der Waals surface area (Å²) >= 11 is 0. The molecule has 33 heavy (non-hydrogen) atoms. The molecule has 180 valence electrons. The van der Waals surface area contributed by atoms with Crippen LogP contribution < -0.4 is 29.6 Å². The Bertz CT molecular complexity index is 931. The SMILES string of the molecule is CCCC(CNC(=O)c1ccc(OC)c(OCC)c1)NC(=O)c1ccc(OC)c(OCC)c1. The second-order valence-corrected chi connectivity index (χ2v) is 7.27. The second-order valence-electron chi connectivity index (χ2n) is 7.27. The van der Waals surface area contributed by atoms with E-state index >= 15 is 0 Å². The Morgan fingerprint density at radius 2 is 1.30 bits per heavy atom. The molecule has 8 heteroatoms. The lowest BCUT2D eigenvalue weighted by Crippen LogP contribution is -2.43. The maximum Gasteiger partial charge on any atom is 0.251 e. The highest BCUT2D eigenvalue weighted by Gasteiger charge is 2.17. The summed E-state index contributed by atoms with van der Waals surface area (Å²) in [6, 6.07) is 9.85. The van der Waals surface area contributed by atoms with Crippen LogP contribution in [0.15, 0.2) is 36.4 Å². The number of benzene rings is 2. The molecule has 0 saturated carbocycles. The molecular weight excluding hydrogens is 424 g/mol. The number of carbonyl (C=O) groups is 2. The zero-order valence-corrected chi connectivity index (χ0v) is 20.0. The van der Waals surface area contributed by atoms with Crippen LogP contribution >= 0.6 is 0 Å². The molecule has 0 aromatic heterocycles. The normalized spacial score (nSPS) is 11.3. The number of ether oxygens (including phenoxy) is 4. The zero-order chi connectivity index (χ0) is 24.2. The van der Waals surface area contributed by atoms with Crippen molar-refractivity contribution in [3.63, 3.8) is 0 Å². The van der Waals surface area contributed by atoms with Crippen molar-refractivity contribution in [2.24, 2.45) is 0 Å². The number of hydrogen-bond donors (Lipinski definition) is 2. The molecule has 0 aliphatic heterocycles. The lowest BCUT2D eigenvalue weighted by atomic mass is 10.1. The van der Waals surface area contributed by atoms with Gasteiger partial charge in [-0.2, -0.15) is 0 Å². The van der Waals surface area contributed by atoms with Crippen molar-refractivity contribution in [1.29, 1.82) is 0 Å². The first-order chi connectivity index (χ1) is 16.0. The third-order valence-electron chi connectivity index (χ3n) is 4.93.